The first-order valence-corrected chi connectivity index (χ1v) is 12.2. The summed E-state index contributed by atoms with van der Waals surface area (Å²) in [6.45, 7) is 7.20. The number of nitrogens with zero attached hydrogens (tertiary/aromatic N) is 2. The Bertz CT molecular complexity index is 1160. The topological polar surface area (TPSA) is 88.2 Å². The van der Waals surface area contributed by atoms with Crippen LogP contribution in [0.1, 0.15) is 62.3 Å². The van der Waals surface area contributed by atoms with Gasteiger partial charge in [0.1, 0.15) is 25.3 Å². The third-order valence-corrected chi connectivity index (χ3v) is 7.25. The second-order valence-electron chi connectivity index (χ2n) is 9.87. The second kappa shape index (κ2) is 8.91. The van der Waals surface area contributed by atoms with Crippen molar-refractivity contribution in [1.82, 2.24) is 15.1 Å². The highest BCUT2D eigenvalue weighted by atomic mass is 16.6. The number of rotatable bonds is 5. The lowest BCUT2D eigenvalue weighted by molar-refractivity contribution is -0.139. The van der Waals surface area contributed by atoms with Crippen molar-refractivity contribution >= 4 is 17.8 Å². The summed E-state index contributed by atoms with van der Waals surface area (Å²) < 4.78 is 11.3. The zero-order valence-corrected chi connectivity index (χ0v) is 20.4. The molecule has 4 amide bonds. The second-order valence-corrected chi connectivity index (χ2v) is 9.87. The van der Waals surface area contributed by atoms with Gasteiger partial charge in [-0.25, -0.2) is 4.79 Å². The highest BCUT2D eigenvalue weighted by Crippen LogP contribution is 2.38. The number of urea groups is 1. The van der Waals surface area contributed by atoms with Crippen LogP contribution < -0.4 is 14.8 Å². The number of amides is 4. The maximum Gasteiger partial charge on any atom is 0.325 e. The van der Waals surface area contributed by atoms with E-state index in [0.717, 1.165) is 28.9 Å². The van der Waals surface area contributed by atoms with Gasteiger partial charge < -0.3 is 19.7 Å². The van der Waals surface area contributed by atoms with Gasteiger partial charge in [0.05, 0.1) is 6.04 Å². The molecule has 5 rings (SSSR count). The van der Waals surface area contributed by atoms with E-state index in [1.165, 1.54) is 0 Å². The van der Waals surface area contributed by atoms with Crippen LogP contribution in [0.5, 0.6) is 11.5 Å². The summed E-state index contributed by atoms with van der Waals surface area (Å²) in [4.78, 5) is 42.3. The average molecular weight is 478 g/mol. The Balaban J connectivity index is 1.32. The Labute approximate surface area is 205 Å². The average Bonchev–Trinajstić information content (AvgIpc) is 3.43. The van der Waals surface area contributed by atoms with E-state index < -0.39 is 17.5 Å². The van der Waals surface area contributed by atoms with E-state index in [0.29, 0.717) is 42.7 Å². The van der Waals surface area contributed by atoms with Crippen LogP contribution in [0.15, 0.2) is 42.5 Å². The number of nitrogens with one attached hydrogen (secondary N) is 1. The first kappa shape index (κ1) is 23.2. The lowest BCUT2D eigenvalue weighted by Gasteiger charge is -2.28. The fourth-order valence-electron chi connectivity index (χ4n) is 5.14. The molecule has 3 aliphatic rings. The number of hydrogen-bond acceptors (Lipinski definition) is 5. The van der Waals surface area contributed by atoms with Crippen molar-refractivity contribution in [3.63, 3.8) is 0 Å². The van der Waals surface area contributed by atoms with Crippen molar-refractivity contribution in [3.05, 3.63) is 59.2 Å². The van der Waals surface area contributed by atoms with Crippen LogP contribution in [0.2, 0.25) is 0 Å². The lowest BCUT2D eigenvalue weighted by Crippen LogP contribution is -2.44. The normalized spacial score (nSPS) is 23.7. The van der Waals surface area contributed by atoms with E-state index in [4.69, 9.17) is 9.47 Å². The maximum absolute atomic E-state index is 13.4. The summed E-state index contributed by atoms with van der Waals surface area (Å²) in [7, 11) is 0. The van der Waals surface area contributed by atoms with Crippen molar-refractivity contribution in [2.45, 2.75) is 51.1 Å². The standard InChI is InChI=1S/C27H31N3O5/c1-17(2)18-6-9-20(10-7-18)27(3)25(32)30(26(33)28-27)16-24(31)29-12-4-5-21(29)19-8-11-22-23(15-19)35-14-13-34-22/h6-11,15,17,21H,4-5,12-14,16H2,1-3H3,(H,28,33)/t21-,27+/m0/s1. The fraction of sp³-hybridized carbons (Fsp3) is 0.444. The Kier molecular flexibility index (Phi) is 5.91. The van der Waals surface area contributed by atoms with Crippen LogP contribution in [-0.4, -0.2) is 53.9 Å². The van der Waals surface area contributed by atoms with Crippen molar-refractivity contribution in [1.29, 1.82) is 0 Å². The molecule has 2 saturated heterocycles. The van der Waals surface area contributed by atoms with Gasteiger partial charge in [-0.1, -0.05) is 44.2 Å². The molecule has 35 heavy (non-hydrogen) atoms. The van der Waals surface area contributed by atoms with Gasteiger partial charge in [-0.2, -0.15) is 0 Å². The number of carbonyl (C=O) groups excluding carboxylic acids is 3. The molecule has 184 valence electrons. The molecular weight excluding hydrogens is 446 g/mol. The number of likely N-dealkylation sites (tertiary alicyclic amines) is 1. The number of benzene rings is 2. The fourth-order valence-corrected chi connectivity index (χ4v) is 5.14. The first-order valence-electron chi connectivity index (χ1n) is 12.2. The number of fused-ring (bicyclic) bond motifs is 1. The van der Waals surface area contributed by atoms with Crippen LogP contribution in [0.25, 0.3) is 0 Å². The monoisotopic (exact) mass is 477 g/mol. The molecule has 8 heteroatoms. The molecule has 2 aromatic carbocycles. The van der Waals surface area contributed by atoms with Gasteiger partial charge in [0.15, 0.2) is 11.5 Å². The number of ether oxygens (including phenoxy) is 2. The van der Waals surface area contributed by atoms with E-state index in [1.54, 1.807) is 11.8 Å². The zero-order chi connectivity index (χ0) is 24.7. The van der Waals surface area contributed by atoms with Gasteiger partial charge in [0.2, 0.25) is 5.91 Å². The summed E-state index contributed by atoms with van der Waals surface area (Å²) >= 11 is 0. The third kappa shape index (κ3) is 4.11. The molecule has 0 spiro atoms. The quantitative estimate of drug-likeness (QED) is 0.664. The van der Waals surface area contributed by atoms with Crippen LogP contribution in [0.3, 0.4) is 0 Å². The number of carbonyl (C=O) groups is 3. The summed E-state index contributed by atoms with van der Waals surface area (Å²) in [5.41, 5.74) is 1.62. The molecule has 0 unspecified atom stereocenters. The Hall–Kier alpha value is -3.55. The minimum atomic E-state index is -1.20. The molecule has 3 aliphatic heterocycles. The van der Waals surface area contributed by atoms with Crippen LogP contribution in [0, 0.1) is 0 Å². The van der Waals surface area contributed by atoms with Gasteiger partial charge in [-0.05, 0) is 54.5 Å². The van der Waals surface area contributed by atoms with Crippen LogP contribution >= 0.6 is 0 Å². The molecule has 2 fully saturated rings. The number of imide groups is 1. The molecule has 8 nitrogen and oxygen atoms in total. The van der Waals surface area contributed by atoms with E-state index in [1.807, 2.05) is 42.5 Å². The molecule has 2 atom stereocenters. The van der Waals surface area contributed by atoms with Gasteiger partial charge in [0.25, 0.3) is 5.91 Å². The van der Waals surface area contributed by atoms with Gasteiger partial charge in [0, 0.05) is 6.54 Å². The first-order chi connectivity index (χ1) is 16.8. The van der Waals surface area contributed by atoms with Crippen LogP contribution in [0.4, 0.5) is 4.79 Å². The minimum Gasteiger partial charge on any atom is -0.486 e. The van der Waals surface area contributed by atoms with Crippen molar-refractivity contribution in [3.8, 4) is 11.5 Å². The van der Waals surface area contributed by atoms with Gasteiger partial charge in [-0.15, -0.1) is 0 Å². The van der Waals surface area contributed by atoms with Crippen molar-refractivity contribution in [2.24, 2.45) is 0 Å². The predicted molar refractivity (Wildman–Crippen MR) is 129 cm³/mol. The molecule has 0 saturated carbocycles. The van der Waals surface area contributed by atoms with Crippen LogP contribution in [-0.2, 0) is 15.1 Å². The van der Waals surface area contributed by atoms with E-state index >= 15 is 0 Å². The van der Waals surface area contributed by atoms with Crippen molar-refractivity contribution in [2.75, 3.05) is 26.3 Å². The molecule has 0 bridgehead atoms. The number of hydrogen-bond donors (Lipinski definition) is 1. The predicted octanol–water partition coefficient (Wildman–Crippen LogP) is 3.71. The maximum atomic E-state index is 13.4. The molecule has 0 aromatic heterocycles. The molecule has 2 aromatic rings. The summed E-state index contributed by atoms with van der Waals surface area (Å²) in [6, 6.07) is 12.8. The zero-order valence-electron chi connectivity index (χ0n) is 20.4. The Morgan fingerprint density at radius 3 is 2.51 bits per heavy atom. The van der Waals surface area contributed by atoms with Gasteiger partial charge in [-0.3, -0.25) is 14.5 Å². The van der Waals surface area contributed by atoms with E-state index in [9.17, 15) is 14.4 Å². The largest absolute Gasteiger partial charge is 0.486 e. The Morgan fingerprint density at radius 2 is 1.80 bits per heavy atom. The molecule has 1 N–H and O–H groups in total. The molecule has 3 heterocycles. The smallest absolute Gasteiger partial charge is 0.325 e. The van der Waals surface area contributed by atoms with E-state index in [2.05, 4.69) is 19.2 Å². The minimum absolute atomic E-state index is 0.131. The SMILES string of the molecule is CC(C)c1ccc([C@@]2(C)NC(=O)N(CC(=O)N3CCC[C@H]3c3ccc4c(c3)OCCO4)C2=O)cc1. The van der Waals surface area contributed by atoms with Crippen molar-refractivity contribution < 1.29 is 23.9 Å². The third-order valence-electron chi connectivity index (χ3n) is 7.25. The summed E-state index contributed by atoms with van der Waals surface area (Å²) in [5, 5.41) is 2.80. The highest BCUT2D eigenvalue weighted by molar-refractivity contribution is 6.09. The molecular formula is C27H31N3O5. The van der Waals surface area contributed by atoms with E-state index in [-0.39, 0.29) is 18.5 Å². The Morgan fingerprint density at radius 1 is 1.09 bits per heavy atom. The van der Waals surface area contributed by atoms with Gasteiger partial charge >= 0.3 is 6.03 Å². The lowest BCUT2D eigenvalue weighted by atomic mass is 9.90. The molecule has 0 aliphatic carbocycles. The molecule has 0 radical (unpaired) electrons. The highest BCUT2D eigenvalue weighted by Gasteiger charge is 2.50. The summed E-state index contributed by atoms with van der Waals surface area (Å²) in [5.74, 6) is 1.09. The summed E-state index contributed by atoms with van der Waals surface area (Å²) in [6.07, 6.45) is 1.66.